The minimum absolute atomic E-state index is 0.0476. The molecule has 1 aliphatic heterocycles. The Labute approximate surface area is 145 Å². The zero-order chi connectivity index (χ0) is 17.2. The van der Waals surface area contributed by atoms with Gasteiger partial charge in [0.1, 0.15) is 0 Å². The van der Waals surface area contributed by atoms with Gasteiger partial charge in [-0.2, -0.15) is 0 Å². The minimum atomic E-state index is -0.281. The smallest absolute Gasteiger partial charge is 0.315 e. The van der Waals surface area contributed by atoms with Crippen molar-refractivity contribution in [1.29, 1.82) is 0 Å². The molecule has 0 bridgehead atoms. The van der Waals surface area contributed by atoms with Gasteiger partial charge < -0.3 is 20.9 Å². The predicted molar refractivity (Wildman–Crippen MR) is 94.4 cm³/mol. The molecule has 0 radical (unpaired) electrons. The van der Waals surface area contributed by atoms with E-state index >= 15 is 0 Å². The molecule has 2 aliphatic rings. The fourth-order valence-electron chi connectivity index (χ4n) is 3.60. The third-order valence-electron chi connectivity index (χ3n) is 4.96. The number of terminal acetylenes is 1. The number of piperidine rings is 1. The van der Waals surface area contributed by atoms with Crippen LogP contribution in [0.15, 0.2) is 0 Å². The molecule has 6 heteroatoms. The Kier molecular flexibility index (Phi) is 7.90. The normalized spacial score (nSPS) is 20.1. The summed E-state index contributed by atoms with van der Waals surface area (Å²) in [7, 11) is 0. The summed E-state index contributed by atoms with van der Waals surface area (Å²) in [6, 6.07) is -0.0852. The lowest BCUT2D eigenvalue weighted by atomic mass is 9.88. The predicted octanol–water partition coefficient (Wildman–Crippen LogP) is 1.08. The number of urea groups is 1. The zero-order valence-corrected chi connectivity index (χ0v) is 14.5. The summed E-state index contributed by atoms with van der Waals surface area (Å²) in [5, 5.41) is 8.04. The van der Waals surface area contributed by atoms with Gasteiger partial charge in [0.15, 0.2) is 0 Å². The Morgan fingerprint density at radius 2 is 1.75 bits per heavy atom. The van der Waals surface area contributed by atoms with Gasteiger partial charge >= 0.3 is 6.03 Å². The maximum atomic E-state index is 11.8. The highest BCUT2D eigenvalue weighted by atomic mass is 16.2. The van der Waals surface area contributed by atoms with Crippen LogP contribution in [0.25, 0.3) is 0 Å². The van der Waals surface area contributed by atoms with Crippen LogP contribution in [0.5, 0.6) is 0 Å². The van der Waals surface area contributed by atoms with Crippen molar-refractivity contribution in [2.75, 3.05) is 32.7 Å². The molecule has 0 spiro atoms. The molecule has 0 aromatic carbocycles. The largest absolute Gasteiger partial charge is 0.344 e. The summed E-state index contributed by atoms with van der Waals surface area (Å²) >= 11 is 0. The van der Waals surface area contributed by atoms with Crippen LogP contribution in [-0.2, 0) is 4.79 Å². The number of carbonyl (C=O) groups excluding carboxylic acids is 2. The first-order valence-corrected chi connectivity index (χ1v) is 9.14. The SMILES string of the molecule is C#CCNC(=O)CNC(=O)NC1CCN(CC2CCCCC2)CC1. The van der Waals surface area contributed by atoms with Gasteiger partial charge in [0.05, 0.1) is 13.1 Å². The zero-order valence-electron chi connectivity index (χ0n) is 14.5. The van der Waals surface area contributed by atoms with Crippen LogP contribution in [0.2, 0.25) is 0 Å². The molecule has 0 aromatic rings. The molecule has 2 rings (SSSR count). The van der Waals surface area contributed by atoms with Gasteiger partial charge in [0.2, 0.25) is 5.91 Å². The van der Waals surface area contributed by atoms with Gasteiger partial charge in [-0.15, -0.1) is 6.42 Å². The number of likely N-dealkylation sites (tertiary alicyclic amines) is 1. The van der Waals surface area contributed by atoms with E-state index in [1.54, 1.807) is 0 Å². The average molecular weight is 334 g/mol. The van der Waals surface area contributed by atoms with Crippen LogP contribution in [0.3, 0.4) is 0 Å². The Bertz CT molecular complexity index is 446. The Balaban J connectivity index is 1.57. The molecule has 2 fully saturated rings. The van der Waals surface area contributed by atoms with Gasteiger partial charge in [-0.3, -0.25) is 4.79 Å². The quantitative estimate of drug-likeness (QED) is 0.637. The lowest BCUT2D eigenvalue weighted by molar-refractivity contribution is -0.119. The topological polar surface area (TPSA) is 73.5 Å². The van der Waals surface area contributed by atoms with Crippen LogP contribution in [0.1, 0.15) is 44.9 Å². The standard InChI is InChI=1S/C18H30N4O2/c1-2-10-19-17(23)13-20-18(24)21-16-8-11-22(12-9-16)14-15-6-4-3-5-7-15/h1,15-16H,3-14H2,(H,19,23)(H2,20,21,24). The Hall–Kier alpha value is -1.74. The van der Waals surface area contributed by atoms with Crippen molar-refractivity contribution in [3.63, 3.8) is 0 Å². The molecule has 0 unspecified atom stereocenters. The molecule has 6 nitrogen and oxygen atoms in total. The monoisotopic (exact) mass is 334 g/mol. The van der Waals surface area contributed by atoms with Gasteiger partial charge in [-0.1, -0.05) is 25.2 Å². The van der Waals surface area contributed by atoms with Crippen molar-refractivity contribution in [2.24, 2.45) is 5.92 Å². The van der Waals surface area contributed by atoms with Gasteiger partial charge in [0.25, 0.3) is 0 Å². The van der Waals surface area contributed by atoms with Crippen molar-refractivity contribution >= 4 is 11.9 Å². The number of amides is 3. The van der Waals surface area contributed by atoms with Crippen molar-refractivity contribution in [3.8, 4) is 12.3 Å². The average Bonchev–Trinajstić information content (AvgIpc) is 2.61. The van der Waals surface area contributed by atoms with Crippen molar-refractivity contribution < 1.29 is 9.59 Å². The second kappa shape index (κ2) is 10.2. The lowest BCUT2D eigenvalue weighted by Crippen LogP contribution is -2.50. The highest BCUT2D eigenvalue weighted by Gasteiger charge is 2.23. The molecular formula is C18H30N4O2. The minimum Gasteiger partial charge on any atom is -0.344 e. The van der Waals surface area contributed by atoms with Crippen LogP contribution in [0.4, 0.5) is 4.79 Å². The summed E-state index contributed by atoms with van der Waals surface area (Å²) in [4.78, 5) is 25.7. The van der Waals surface area contributed by atoms with Crippen molar-refractivity contribution in [1.82, 2.24) is 20.9 Å². The Morgan fingerprint density at radius 1 is 1.04 bits per heavy atom. The summed E-state index contributed by atoms with van der Waals surface area (Å²) in [6.07, 6.45) is 13.9. The Morgan fingerprint density at radius 3 is 2.42 bits per heavy atom. The molecule has 3 amide bonds. The fourth-order valence-corrected chi connectivity index (χ4v) is 3.60. The van der Waals surface area contributed by atoms with Gasteiger partial charge in [-0.05, 0) is 31.6 Å². The van der Waals surface area contributed by atoms with Crippen molar-refractivity contribution in [3.05, 3.63) is 0 Å². The van der Waals surface area contributed by atoms with Crippen LogP contribution in [-0.4, -0.2) is 55.6 Å². The van der Waals surface area contributed by atoms with E-state index in [1.165, 1.54) is 38.6 Å². The van der Waals surface area contributed by atoms with E-state index in [1.807, 2.05) is 0 Å². The van der Waals surface area contributed by atoms with Crippen LogP contribution in [0, 0.1) is 18.3 Å². The molecule has 1 heterocycles. The second-order valence-electron chi connectivity index (χ2n) is 6.89. The highest BCUT2D eigenvalue weighted by molar-refractivity contribution is 5.84. The third-order valence-corrected chi connectivity index (χ3v) is 4.96. The van der Waals surface area contributed by atoms with Crippen LogP contribution >= 0.6 is 0 Å². The first-order valence-electron chi connectivity index (χ1n) is 9.14. The number of nitrogens with one attached hydrogen (secondary N) is 3. The number of carbonyl (C=O) groups is 2. The highest BCUT2D eigenvalue weighted by Crippen LogP contribution is 2.25. The molecule has 1 saturated heterocycles. The maximum absolute atomic E-state index is 11.8. The molecule has 0 atom stereocenters. The van der Waals surface area contributed by atoms with E-state index in [0.717, 1.165) is 31.8 Å². The summed E-state index contributed by atoms with van der Waals surface area (Å²) < 4.78 is 0. The van der Waals surface area contributed by atoms with Gasteiger partial charge in [-0.25, -0.2) is 4.79 Å². The summed E-state index contributed by atoms with van der Waals surface area (Å²) in [5.74, 6) is 2.92. The fraction of sp³-hybridized carbons (Fsp3) is 0.778. The third kappa shape index (κ3) is 6.79. The molecule has 1 aliphatic carbocycles. The van der Waals surface area contributed by atoms with E-state index in [0.29, 0.717) is 0 Å². The first kappa shape index (κ1) is 18.6. The number of nitrogens with zero attached hydrogens (tertiary/aromatic N) is 1. The van der Waals surface area contributed by atoms with E-state index in [9.17, 15) is 9.59 Å². The number of hydrogen-bond donors (Lipinski definition) is 3. The molecule has 0 aromatic heterocycles. The number of hydrogen-bond acceptors (Lipinski definition) is 3. The first-order chi connectivity index (χ1) is 11.7. The molecule has 134 valence electrons. The molecule has 1 saturated carbocycles. The van der Waals surface area contributed by atoms with E-state index < -0.39 is 0 Å². The van der Waals surface area contributed by atoms with Gasteiger partial charge in [0, 0.05) is 25.7 Å². The molecule has 3 N–H and O–H groups in total. The van der Waals surface area contributed by atoms with Crippen LogP contribution < -0.4 is 16.0 Å². The lowest BCUT2D eigenvalue weighted by Gasteiger charge is -2.35. The van der Waals surface area contributed by atoms with Crippen molar-refractivity contribution in [2.45, 2.75) is 51.0 Å². The molecular weight excluding hydrogens is 304 g/mol. The number of rotatable bonds is 6. The van der Waals surface area contributed by atoms with E-state index in [2.05, 4.69) is 26.8 Å². The molecule has 24 heavy (non-hydrogen) atoms. The second-order valence-corrected chi connectivity index (χ2v) is 6.89. The maximum Gasteiger partial charge on any atom is 0.315 e. The summed E-state index contributed by atoms with van der Waals surface area (Å²) in [5.41, 5.74) is 0. The van der Waals surface area contributed by atoms with E-state index in [-0.39, 0.29) is 31.1 Å². The summed E-state index contributed by atoms with van der Waals surface area (Å²) in [6.45, 7) is 3.44. The van der Waals surface area contributed by atoms with E-state index in [4.69, 9.17) is 6.42 Å².